The molecule has 0 aliphatic rings. The van der Waals surface area contributed by atoms with E-state index in [9.17, 15) is 14.4 Å². The summed E-state index contributed by atoms with van der Waals surface area (Å²) < 4.78 is 8.44. The van der Waals surface area contributed by atoms with Crippen molar-refractivity contribution in [1.82, 2.24) is 14.1 Å². The minimum absolute atomic E-state index is 0.145. The van der Waals surface area contributed by atoms with Crippen molar-refractivity contribution in [1.29, 1.82) is 0 Å². The molecule has 0 spiro atoms. The largest absolute Gasteiger partial charge is 0.478 e. The van der Waals surface area contributed by atoms with Crippen molar-refractivity contribution in [2.75, 3.05) is 0 Å². The second kappa shape index (κ2) is 11.2. The fraction of sp³-hybridized carbons (Fsp3) is 0.143. The molecule has 0 saturated heterocycles. The predicted octanol–water partition coefficient (Wildman–Crippen LogP) is 3.84. The van der Waals surface area contributed by atoms with Gasteiger partial charge in [0.05, 0.1) is 12.2 Å². The summed E-state index contributed by atoms with van der Waals surface area (Å²) in [6, 6.07) is 21.7. The highest BCUT2D eigenvalue weighted by atomic mass is 16.5. The Kier molecular flexibility index (Phi) is 7.63. The number of benzene rings is 3. The van der Waals surface area contributed by atoms with E-state index in [1.807, 2.05) is 31.2 Å². The second-order valence-electron chi connectivity index (χ2n) is 8.30. The third-order valence-electron chi connectivity index (χ3n) is 5.54. The number of nitrogens with one attached hydrogen (secondary N) is 1. The molecule has 1 aromatic heterocycles. The highest BCUT2D eigenvalue weighted by Crippen LogP contribution is 2.25. The van der Waals surface area contributed by atoms with Crippen LogP contribution < -0.4 is 21.7 Å². The number of hydrogen-bond donors (Lipinski definition) is 2. The lowest BCUT2D eigenvalue weighted by atomic mass is 10.1. The van der Waals surface area contributed by atoms with Gasteiger partial charge in [-0.2, -0.15) is 0 Å². The van der Waals surface area contributed by atoms with Gasteiger partial charge in [-0.05, 0) is 67.4 Å². The van der Waals surface area contributed by atoms with Crippen molar-refractivity contribution in [2.45, 2.75) is 26.9 Å². The number of H-pyrrole nitrogens is 1. The molecule has 0 atom stereocenters. The number of aromatic amines is 1. The molecule has 2 N–H and O–H groups in total. The zero-order chi connectivity index (χ0) is 26.4. The zero-order valence-corrected chi connectivity index (χ0v) is 20.4. The van der Waals surface area contributed by atoms with Crippen LogP contribution in [0.4, 0.5) is 5.69 Å². The lowest BCUT2D eigenvalue weighted by Gasteiger charge is -2.10. The molecule has 0 amide bonds. The molecule has 0 fully saturated rings. The van der Waals surface area contributed by atoms with E-state index in [4.69, 9.17) is 9.84 Å². The quantitative estimate of drug-likeness (QED) is 0.358. The SMILES string of the molecule is CCn1c(=O)[nH]/c(=N\c2ccc(Oc3cccc(/C=C/C(=O)O)c3)cc2)n(Cc2ccc(C)cc2)c1=O. The van der Waals surface area contributed by atoms with Crippen molar-refractivity contribution in [2.24, 2.45) is 4.99 Å². The molecule has 9 nitrogen and oxygen atoms in total. The van der Waals surface area contributed by atoms with Crippen LogP contribution in [0.1, 0.15) is 23.6 Å². The van der Waals surface area contributed by atoms with Crippen LogP contribution in [0.5, 0.6) is 11.5 Å². The number of carbonyl (C=O) groups is 1. The molecule has 0 bridgehead atoms. The number of carboxylic acids is 1. The van der Waals surface area contributed by atoms with Crippen LogP contribution in [0.15, 0.2) is 93.5 Å². The molecule has 0 unspecified atom stereocenters. The first-order chi connectivity index (χ1) is 17.8. The van der Waals surface area contributed by atoms with Crippen molar-refractivity contribution in [3.8, 4) is 11.5 Å². The smallest absolute Gasteiger partial charge is 0.335 e. The summed E-state index contributed by atoms with van der Waals surface area (Å²) in [5, 5.41) is 8.80. The Hall–Kier alpha value is -4.92. The van der Waals surface area contributed by atoms with Crippen LogP contribution in [0.2, 0.25) is 0 Å². The number of carboxylic acid groups (broad SMARTS) is 1. The van der Waals surface area contributed by atoms with Gasteiger partial charge >= 0.3 is 17.3 Å². The van der Waals surface area contributed by atoms with Gasteiger partial charge in [0.25, 0.3) is 0 Å². The maximum absolute atomic E-state index is 13.1. The number of ether oxygens (including phenoxy) is 1. The Bertz CT molecular complexity index is 1630. The molecule has 0 radical (unpaired) electrons. The fourth-order valence-electron chi connectivity index (χ4n) is 3.64. The van der Waals surface area contributed by atoms with Gasteiger partial charge < -0.3 is 9.84 Å². The third-order valence-corrected chi connectivity index (χ3v) is 5.54. The minimum Gasteiger partial charge on any atom is -0.478 e. The molecular weight excluding hydrogens is 472 g/mol. The Morgan fingerprint density at radius 3 is 2.41 bits per heavy atom. The first-order valence-electron chi connectivity index (χ1n) is 11.7. The van der Waals surface area contributed by atoms with Crippen molar-refractivity contribution < 1.29 is 14.6 Å². The van der Waals surface area contributed by atoms with Crippen LogP contribution in [-0.2, 0) is 17.9 Å². The van der Waals surface area contributed by atoms with E-state index in [0.29, 0.717) is 22.7 Å². The van der Waals surface area contributed by atoms with Gasteiger partial charge in [0.2, 0.25) is 5.62 Å². The first kappa shape index (κ1) is 25.2. The number of aryl methyl sites for hydroxylation is 1. The second-order valence-corrected chi connectivity index (χ2v) is 8.30. The molecule has 4 rings (SSSR count). The van der Waals surface area contributed by atoms with Crippen LogP contribution >= 0.6 is 0 Å². The van der Waals surface area contributed by atoms with Crippen molar-refractivity contribution in [3.05, 3.63) is 122 Å². The maximum Gasteiger partial charge on any atom is 0.335 e. The van der Waals surface area contributed by atoms with Crippen LogP contribution in [0, 0.1) is 6.92 Å². The van der Waals surface area contributed by atoms with E-state index in [1.165, 1.54) is 10.6 Å². The number of rotatable bonds is 8. The van der Waals surface area contributed by atoms with Crippen LogP contribution in [-0.4, -0.2) is 25.2 Å². The Morgan fingerprint density at radius 1 is 1.00 bits per heavy atom. The standard InChI is InChI=1S/C28H26N4O5/c1-3-31-27(35)30-26(32(28(31)36)18-21-9-7-19(2)8-10-21)29-22-12-14-23(15-13-22)37-24-6-4-5-20(17-24)11-16-25(33)34/h4-17H,3,18H2,1-2H3,(H,33,34)(H,29,30,35)/b16-11+. The fourth-order valence-corrected chi connectivity index (χ4v) is 3.64. The van der Waals surface area contributed by atoms with Gasteiger partial charge in [-0.25, -0.2) is 23.9 Å². The molecule has 4 aromatic rings. The molecule has 188 valence electrons. The lowest BCUT2D eigenvalue weighted by molar-refractivity contribution is -0.131. The molecular formula is C28H26N4O5. The highest BCUT2D eigenvalue weighted by molar-refractivity contribution is 5.85. The maximum atomic E-state index is 13.1. The van der Waals surface area contributed by atoms with Crippen molar-refractivity contribution >= 4 is 17.7 Å². The average Bonchev–Trinajstić information content (AvgIpc) is 2.88. The summed E-state index contributed by atoms with van der Waals surface area (Å²) in [5.74, 6) is 0.0561. The van der Waals surface area contributed by atoms with E-state index >= 15 is 0 Å². The molecule has 3 aromatic carbocycles. The third kappa shape index (κ3) is 6.40. The summed E-state index contributed by atoms with van der Waals surface area (Å²) in [4.78, 5) is 43.5. The number of hydrogen-bond acceptors (Lipinski definition) is 5. The molecule has 0 saturated carbocycles. The van der Waals surface area contributed by atoms with Gasteiger partial charge in [0.15, 0.2) is 0 Å². The lowest BCUT2D eigenvalue weighted by Crippen LogP contribution is -2.49. The number of nitrogens with zero attached hydrogens (tertiary/aromatic N) is 3. The van der Waals surface area contributed by atoms with Gasteiger partial charge in [0, 0.05) is 12.6 Å². The van der Waals surface area contributed by atoms with Gasteiger partial charge in [-0.1, -0.05) is 42.0 Å². The van der Waals surface area contributed by atoms with Crippen LogP contribution in [0.3, 0.4) is 0 Å². The van der Waals surface area contributed by atoms with Gasteiger partial charge in [-0.3, -0.25) is 9.55 Å². The Balaban J connectivity index is 1.64. The molecule has 0 aliphatic carbocycles. The normalized spacial score (nSPS) is 11.7. The molecule has 9 heteroatoms. The molecule has 0 aliphatic heterocycles. The minimum atomic E-state index is -1.03. The van der Waals surface area contributed by atoms with E-state index in [0.717, 1.165) is 21.8 Å². The summed E-state index contributed by atoms with van der Waals surface area (Å²) in [7, 11) is 0. The van der Waals surface area contributed by atoms with Gasteiger partial charge in [-0.15, -0.1) is 0 Å². The number of aromatic nitrogens is 3. The average molecular weight is 499 g/mol. The Labute approximate surface area is 212 Å². The molecule has 1 heterocycles. The van der Waals surface area contributed by atoms with E-state index in [2.05, 4.69) is 9.98 Å². The summed E-state index contributed by atoms with van der Waals surface area (Å²) in [6.45, 7) is 4.22. The Morgan fingerprint density at radius 2 is 1.73 bits per heavy atom. The molecule has 37 heavy (non-hydrogen) atoms. The van der Waals surface area contributed by atoms with Crippen molar-refractivity contribution in [3.63, 3.8) is 0 Å². The van der Waals surface area contributed by atoms with Crippen LogP contribution in [0.25, 0.3) is 6.08 Å². The van der Waals surface area contributed by atoms with Gasteiger partial charge in [0.1, 0.15) is 11.5 Å². The zero-order valence-electron chi connectivity index (χ0n) is 20.4. The monoisotopic (exact) mass is 498 g/mol. The van der Waals surface area contributed by atoms with E-state index in [-0.39, 0.29) is 18.7 Å². The predicted molar refractivity (Wildman–Crippen MR) is 140 cm³/mol. The van der Waals surface area contributed by atoms with E-state index in [1.54, 1.807) is 55.5 Å². The summed E-state index contributed by atoms with van der Waals surface area (Å²) in [5.41, 5.74) is 2.40. The van der Waals surface area contributed by atoms with E-state index < -0.39 is 17.3 Å². The summed E-state index contributed by atoms with van der Waals surface area (Å²) >= 11 is 0. The number of aliphatic carboxylic acids is 1. The highest BCUT2D eigenvalue weighted by Gasteiger charge is 2.09. The first-order valence-corrected chi connectivity index (χ1v) is 11.7. The summed E-state index contributed by atoms with van der Waals surface area (Å²) in [6.07, 6.45) is 2.54. The topological polar surface area (TPSA) is 119 Å².